The molecule has 0 aliphatic carbocycles. The monoisotopic (exact) mass is 277 g/mol. The van der Waals surface area contributed by atoms with Crippen LogP contribution in [-0.2, 0) is 5.54 Å². The lowest BCUT2D eigenvalue weighted by Gasteiger charge is -2.28. The Morgan fingerprint density at radius 2 is 2.05 bits per heavy atom. The Balaban J connectivity index is 2.43. The molecule has 2 aromatic rings. The van der Waals surface area contributed by atoms with Gasteiger partial charge in [-0.25, -0.2) is 4.98 Å². The average molecular weight is 277 g/mol. The molecule has 1 N–H and O–H groups in total. The van der Waals surface area contributed by atoms with Crippen molar-refractivity contribution < 1.29 is 0 Å². The molecule has 0 amide bonds. The molecule has 1 atom stereocenters. The second-order valence-corrected chi connectivity index (χ2v) is 7.07. The number of imidazole rings is 1. The molecule has 19 heavy (non-hydrogen) atoms. The van der Waals surface area contributed by atoms with Crippen molar-refractivity contribution >= 4 is 11.3 Å². The molecule has 1 unspecified atom stereocenters. The maximum absolute atomic E-state index is 4.35. The topological polar surface area (TPSA) is 29.9 Å². The van der Waals surface area contributed by atoms with Crippen LogP contribution in [0.15, 0.2) is 18.6 Å². The standard InChI is InChI=1S/C15H23N3S/c1-10-7-13(12(3)19-10)11(2)18-9-17-8-14(18)15(4,5)16-6/h7-9,11,16H,1-6H3. The molecule has 0 fully saturated rings. The number of thiophene rings is 1. The van der Waals surface area contributed by atoms with Gasteiger partial charge in [0.2, 0.25) is 0 Å². The minimum Gasteiger partial charge on any atom is -0.326 e. The van der Waals surface area contributed by atoms with Gasteiger partial charge in [0.05, 0.1) is 29.8 Å². The lowest BCUT2D eigenvalue weighted by Crippen LogP contribution is -2.36. The first kappa shape index (κ1) is 14.3. The summed E-state index contributed by atoms with van der Waals surface area (Å²) in [5.74, 6) is 0. The lowest BCUT2D eigenvalue weighted by molar-refractivity contribution is 0.401. The van der Waals surface area contributed by atoms with Crippen molar-refractivity contribution in [1.82, 2.24) is 14.9 Å². The summed E-state index contributed by atoms with van der Waals surface area (Å²) in [5.41, 5.74) is 2.53. The van der Waals surface area contributed by atoms with Gasteiger partial charge in [-0.2, -0.15) is 0 Å². The summed E-state index contributed by atoms with van der Waals surface area (Å²) in [6.07, 6.45) is 3.90. The van der Waals surface area contributed by atoms with E-state index >= 15 is 0 Å². The Hall–Kier alpha value is -1.13. The van der Waals surface area contributed by atoms with Crippen LogP contribution in [0.4, 0.5) is 0 Å². The van der Waals surface area contributed by atoms with E-state index in [-0.39, 0.29) is 5.54 Å². The average Bonchev–Trinajstić information content (AvgIpc) is 2.95. The minimum absolute atomic E-state index is 0.0796. The highest BCUT2D eigenvalue weighted by atomic mass is 32.1. The summed E-state index contributed by atoms with van der Waals surface area (Å²) in [7, 11) is 1.99. The van der Waals surface area contributed by atoms with E-state index in [1.54, 1.807) is 0 Å². The molecule has 4 heteroatoms. The number of nitrogens with one attached hydrogen (secondary N) is 1. The van der Waals surface area contributed by atoms with Gasteiger partial charge in [-0.15, -0.1) is 11.3 Å². The van der Waals surface area contributed by atoms with Crippen molar-refractivity contribution in [3.8, 4) is 0 Å². The largest absolute Gasteiger partial charge is 0.326 e. The highest BCUT2D eigenvalue weighted by molar-refractivity contribution is 7.12. The summed E-state index contributed by atoms with van der Waals surface area (Å²) in [4.78, 5) is 7.11. The Bertz CT molecular complexity index is 566. The fourth-order valence-electron chi connectivity index (χ4n) is 2.44. The fourth-order valence-corrected chi connectivity index (χ4v) is 3.46. The third-order valence-corrected chi connectivity index (χ3v) is 4.86. The first-order valence-corrected chi connectivity index (χ1v) is 7.46. The van der Waals surface area contributed by atoms with Crippen LogP contribution >= 0.6 is 11.3 Å². The van der Waals surface area contributed by atoms with Crippen LogP contribution in [0, 0.1) is 13.8 Å². The second kappa shape index (κ2) is 5.10. The molecule has 0 bridgehead atoms. The number of nitrogens with zero attached hydrogens (tertiary/aromatic N) is 2. The first-order chi connectivity index (χ1) is 8.86. The number of aryl methyl sites for hydroxylation is 2. The van der Waals surface area contributed by atoms with Gasteiger partial charge < -0.3 is 9.88 Å². The summed E-state index contributed by atoms with van der Waals surface area (Å²) in [6, 6.07) is 2.61. The van der Waals surface area contributed by atoms with Crippen molar-refractivity contribution in [3.63, 3.8) is 0 Å². The van der Waals surface area contributed by atoms with E-state index in [2.05, 4.69) is 55.6 Å². The maximum atomic E-state index is 4.35. The van der Waals surface area contributed by atoms with Gasteiger partial charge in [-0.3, -0.25) is 0 Å². The molecular weight excluding hydrogens is 254 g/mol. The van der Waals surface area contributed by atoms with Crippen molar-refractivity contribution in [3.05, 3.63) is 39.6 Å². The van der Waals surface area contributed by atoms with Crippen LogP contribution in [0.3, 0.4) is 0 Å². The highest BCUT2D eigenvalue weighted by Crippen LogP contribution is 2.31. The van der Waals surface area contributed by atoms with Gasteiger partial charge in [0.25, 0.3) is 0 Å². The van der Waals surface area contributed by atoms with Crippen molar-refractivity contribution in [1.29, 1.82) is 0 Å². The van der Waals surface area contributed by atoms with Crippen LogP contribution in [0.1, 0.15) is 47.8 Å². The molecular formula is C15H23N3S. The van der Waals surface area contributed by atoms with Crippen LogP contribution in [0.2, 0.25) is 0 Å². The summed E-state index contributed by atoms with van der Waals surface area (Å²) >= 11 is 1.86. The van der Waals surface area contributed by atoms with Crippen molar-refractivity contribution in [2.75, 3.05) is 7.05 Å². The van der Waals surface area contributed by atoms with E-state index in [0.717, 1.165) is 0 Å². The molecule has 3 nitrogen and oxygen atoms in total. The first-order valence-electron chi connectivity index (χ1n) is 6.65. The molecule has 0 radical (unpaired) electrons. The summed E-state index contributed by atoms with van der Waals surface area (Å²) in [6.45, 7) is 11.0. The SMILES string of the molecule is CNC(C)(C)c1cncn1C(C)c1cc(C)sc1C. The molecule has 2 heterocycles. The molecule has 104 valence electrons. The number of hydrogen-bond donors (Lipinski definition) is 1. The molecule has 2 aromatic heterocycles. The van der Waals surface area contributed by atoms with E-state index in [4.69, 9.17) is 0 Å². The molecule has 0 saturated heterocycles. The molecule has 0 aromatic carbocycles. The van der Waals surface area contributed by atoms with Crippen LogP contribution < -0.4 is 5.32 Å². The minimum atomic E-state index is -0.0796. The predicted octanol–water partition coefficient (Wildman–Crippen LogP) is 3.63. The third-order valence-electron chi connectivity index (χ3n) is 3.88. The Morgan fingerprint density at radius 3 is 2.58 bits per heavy atom. The van der Waals surface area contributed by atoms with Crippen molar-refractivity contribution in [2.24, 2.45) is 0 Å². The Morgan fingerprint density at radius 1 is 1.37 bits per heavy atom. The molecule has 0 aliphatic heterocycles. The van der Waals surface area contributed by atoms with Crippen molar-refractivity contribution in [2.45, 2.75) is 46.2 Å². The normalized spacial score (nSPS) is 13.8. The number of aromatic nitrogens is 2. The van der Waals surface area contributed by atoms with E-state index in [0.29, 0.717) is 6.04 Å². The Kier molecular flexibility index (Phi) is 3.83. The van der Waals surface area contributed by atoms with E-state index in [1.165, 1.54) is 21.0 Å². The highest BCUT2D eigenvalue weighted by Gasteiger charge is 2.25. The lowest BCUT2D eigenvalue weighted by atomic mass is 10.00. The number of hydrogen-bond acceptors (Lipinski definition) is 3. The second-order valence-electron chi connectivity index (χ2n) is 5.61. The van der Waals surface area contributed by atoms with Gasteiger partial charge in [-0.05, 0) is 53.3 Å². The van der Waals surface area contributed by atoms with Crippen LogP contribution in [-0.4, -0.2) is 16.6 Å². The molecule has 0 saturated carbocycles. The van der Waals surface area contributed by atoms with E-state index in [9.17, 15) is 0 Å². The zero-order chi connectivity index (χ0) is 14.2. The molecule has 0 spiro atoms. The number of rotatable bonds is 4. The zero-order valence-electron chi connectivity index (χ0n) is 12.6. The van der Waals surface area contributed by atoms with Crippen LogP contribution in [0.25, 0.3) is 0 Å². The van der Waals surface area contributed by atoms with Gasteiger partial charge in [-0.1, -0.05) is 0 Å². The molecule has 0 aliphatic rings. The smallest absolute Gasteiger partial charge is 0.0954 e. The van der Waals surface area contributed by atoms with Gasteiger partial charge in [0, 0.05) is 9.75 Å². The zero-order valence-corrected chi connectivity index (χ0v) is 13.4. The Labute approximate surface area is 119 Å². The van der Waals surface area contributed by atoms with E-state index < -0.39 is 0 Å². The summed E-state index contributed by atoms with van der Waals surface area (Å²) in [5, 5.41) is 3.35. The van der Waals surface area contributed by atoms with Gasteiger partial charge >= 0.3 is 0 Å². The van der Waals surface area contributed by atoms with Gasteiger partial charge in [0.15, 0.2) is 0 Å². The van der Waals surface area contributed by atoms with E-state index in [1.807, 2.05) is 30.9 Å². The van der Waals surface area contributed by atoms with Crippen LogP contribution in [0.5, 0.6) is 0 Å². The maximum Gasteiger partial charge on any atom is 0.0954 e. The van der Waals surface area contributed by atoms with Gasteiger partial charge in [0.1, 0.15) is 0 Å². The fraction of sp³-hybridized carbons (Fsp3) is 0.533. The summed E-state index contributed by atoms with van der Waals surface area (Å²) < 4.78 is 2.27. The third kappa shape index (κ3) is 2.60. The predicted molar refractivity (Wildman–Crippen MR) is 81.9 cm³/mol. The quantitative estimate of drug-likeness (QED) is 0.925. The molecule has 2 rings (SSSR count).